The van der Waals surface area contributed by atoms with Gasteiger partial charge in [-0.05, 0) is 5.92 Å². The Hall–Kier alpha value is -0.450. The molecule has 0 fully saturated rings. The minimum atomic E-state index is -0.791. The summed E-state index contributed by atoms with van der Waals surface area (Å²) in [5, 5.41) is 11.8. The Balaban J connectivity index is 3.63. The van der Waals surface area contributed by atoms with Crippen LogP contribution >= 0.6 is 0 Å². The van der Waals surface area contributed by atoms with Crippen LogP contribution in [0.4, 0.5) is 0 Å². The van der Waals surface area contributed by atoms with Gasteiger partial charge in [0.25, 0.3) is 0 Å². The van der Waals surface area contributed by atoms with Gasteiger partial charge in [-0.2, -0.15) is 0 Å². The Morgan fingerprint density at radius 1 is 1.64 bits per heavy atom. The van der Waals surface area contributed by atoms with E-state index in [1.165, 1.54) is 0 Å². The number of hydrogen-bond donors (Lipinski definition) is 3. The van der Waals surface area contributed by atoms with E-state index in [9.17, 15) is 9.90 Å². The molecule has 0 spiro atoms. The van der Waals surface area contributed by atoms with Crippen LogP contribution in [0.2, 0.25) is 0 Å². The number of aldehydes is 1. The van der Waals surface area contributed by atoms with Crippen molar-refractivity contribution in [2.75, 3.05) is 6.54 Å². The van der Waals surface area contributed by atoms with Crippen LogP contribution in [0.15, 0.2) is 0 Å². The lowest BCUT2D eigenvalue weighted by molar-refractivity contribution is -0.107. The van der Waals surface area contributed by atoms with Crippen LogP contribution in [0.1, 0.15) is 13.8 Å². The highest BCUT2D eigenvalue weighted by atomic mass is 16.3. The van der Waals surface area contributed by atoms with E-state index < -0.39 is 6.23 Å². The first-order valence-electron chi connectivity index (χ1n) is 3.70. The lowest BCUT2D eigenvalue weighted by Gasteiger charge is -2.21. The van der Waals surface area contributed by atoms with Crippen molar-refractivity contribution in [1.29, 1.82) is 0 Å². The van der Waals surface area contributed by atoms with Gasteiger partial charge >= 0.3 is 0 Å². The highest BCUT2D eigenvalue weighted by Gasteiger charge is 2.16. The molecule has 0 rings (SSSR count). The van der Waals surface area contributed by atoms with Crippen LogP contribution in [0, 0.1) is 5.92 Å². The molecular formula is C7H16N2O2. The van der Waals surface area contributed by atoms with E-state index in [1.54, 1.807) is 0 Å². The topological polar surface area (TPSA) is 75.3 Å². The van der Waals surface area contributed by atoms with Crippen molar-refractivity contribution in [2.45, 2.75) is 26.1 Å². The molecule has 0 heterocycles. The van der Waals surface area contributed by atoms with Crippen LogP contribution in [-0.2, 0) is 4.79 Å². The molecule has 0 amide bonds. The molecule has 0 saturated heterocycles. The molecule has 0 saturated carbocycles. The number of rotatable bonds is 5. The molecule has 0 radical (unpaired) electrons. The SMILES string of the molecule is CC(C)[C@H](N)C(O)NCC=O. The maximum absolute atomic E-state index is 9.89. The van der Waals surface area contributed by atoms with Gasteiger partial charge in [0.1, 0.15) is 12.5 Å². The average molecular weight is 160 g/mol. The first-order valence-corrected chi connectivity index (χ1v) is 3.70. The van der Waals surface area contributed by atoms with Gasteiger partial charge in [-0.15, -0.1) is 0 Å². The quantitative estimate of drug-likeness (QED) is 0.359. The monoisotopic (exact) mass is 160 g/mol. The molecule has 0 aliphatic rings. The maximum Gasteiger partial charge on any atom is 0.133 e. The van der Waals surface area contributed by atoms with E-state index >= 15 is 0 Å². The van der Waals surface area contributed by atoms with Crippen LogP contribution in [0.25, 0.3) is 0 Å². The summed E-state index contributed by atoms with van der Waals surface area (Å²) in [6.45, 7) is 3.97. The zero-order chi connectivity index (χ0) is 8.85. The van der Waals surface area contributed by atoms with E-state index in [0.29, 0.717) is 6.29 Å². The van der Waals surface area contributed by atoms with Gasteiger partial charge in [0, 0.05) is 6.04 Å². The third-order valence-corrected chi connectivity index (χ3v) is 1.54. The smallest absolute Gasteiger partial charge is 0.133 e. The Morgan fingerprint density at radius 3 is 2.55 bits per heavy atom. The first-order chi connectivity index (χ1) is 5.09. The van der Waals surface area contributed by atoms with Crippen molar-refractivity contribution < 1.29 is 9.90 Å². The van der Waals surface area contributed by atoms with Gasteiger partial charge in [-0.25, -0.2) is 0 Å². The van der Waals surface area contributed by atoms with Crippen molar-refractivity contribution in [2.24, 2.45) is 11.7 Å². The summed E-state index contributed by atoms with van der Waals surface area (Å²) in [6, 6.07) is -0.324. The molecule has 0 aliphatic carbocycles. The molecule has 11 heavy (non-hydrogen) atoms. The van der Waals surface area contributed by atoms with Crippen molar-refractivity contribution in [3.63, 3.8) is 0 Å². The summed E-state index contributed by atoms with van der Waals surface area (Å²) in [5.74, 6) is 0.198. The van der Waals surface area contributed by atoms with Crippen molar-refractivity contribution in [3.05, 3.63) is 0 Å². The van der Waals surface area contributed by atoms with Crippen LogP contribution in [0.3, 0.4) is 0 Å². The molecule has 2 atom stereocenters. The summed E-state index contributed by atoms with van der Waals surface area (Å²) >= 11 is 0. The molecule has 0 aromatic carbocycles. The van der Waals surface area contributed by atoms with Crippen molar-refractivity contribution in [3.8, 4) is 0 Å². The highest BCUT2D eigenvalue weighted by Crippen LogP contribution is 2.00. The van der Waals surface area contributed by atoms with Gasteiger partial charge in [0.05, 0.1) is 6.54 Å². The molecule has 0 aromatic heterocycles. The Bertz CT molecular complexity index is 117. The molecular weight excluding hydrogens is 144 g/mol. The second-order valence-corrected chi connectivity index (χ2v) is 2.84. The largest absolute Gasteiger partial charge is 0.377 e. The number of aliphatic hydroxyl groups is 1. The predicted octanol–water partition coefficient (Wildman–Crippen LogP) is -0.923. The van der Waals surface area contributed by atoms with Gasteiger partial charge in [-0.3, -0.25) is 5.32 Å². The van der Waals surface area contributed by atoms with Crippen LogP contribution in [-0.4, -0.2) is 30.2 Å². The van der Waals surface area contributed by atoms with Gasteiger partial charge in [0.2, 0.25) is 0 Å². The molecule has 4 heteroatoms. The number of nitrogens with one attached hydrogen (secondary N) is 1. The zero-order valence-corrected chi connectivity index (χ0v) is 6.95. The van der Waals surface area contributed by atoms with E-state index in [-0.39, 0.29) is 18.5 Å². The predicted molar refractivity (Wildman–Crippen MR) is 42.9 cm³/mol. The Labute approximate surface area is 66.8 Å². The van der Waals surface area contributed by atoms with Crippen LogP contribution in [0.5, 0.6) is 0 Å². The van der Waals surface area contributed by atoms with Crippen LogP contribution < -0.4 is 11.1 Å². The second-order valence-electron chi connectivity index (χ2n) is 2.84. The fraction of sp³-hybridized carbons (Fsp3) is 0.857. The van der Waals surface area contributed by atoms with Crippen molar-refractivity contribution in [1.82, 2.24) is 5.32 Å². The fourth-order valence-electron chi connectivity index (χ4n) is 0.670. The normalized spacial score (nSPS) is 16.5. The number of hydrogen-bond acceptors (Lipinski definition) is 4. The van der Waals surface area contributed by atoms with Gasteiger partial charge < -0.3 is 15.6 Å². The third kappa shape index (κ3) is 4.08. The molecule has 1 unspecified atom stereocenters. The zero-order valence-electron chi connectivity index (χ0n) is 6.95. The molecule has 4 N–H and O–H groups in total. The molecule has 66 valence electrons. The Morgan fingerprint density at radius 2 is 2.18 bits per heavy atom. The maximum atomic E-state index is 9.89. The minimum absolute atomic E-state index is 0.140. The van der Waals surface area contributed by atoms with Crippen molar-refractivity contribution >= 4 is 6.29 Å². The lowest BCUT2D eigenvalue weighted by atomic mass is 10.0. The first kappa shape index (κ1) is 10.6. The van der Waals surface area contributed by atoms with E-state index in [0.717, 1.165) is 0 Å². The standard InChI is InChI=1S/C7H16N2O2/c1-5(2)6(8)7(11)9-3-4-10/h4-7,9,11H,3,8H2,1-2H3/t6-,7?/m0/s1. The molecule has 4 nitrogen and oxygen atoms in total. The summed E-state index contributed by atoms with van der Waals surface area (Å²) in [4.78, 5) is 9.89. The highest BCUT2D eigenvalue weighted by molar-refractivity contribution is 5.51. The molecule has 0 bridgehead atoms. The number of aliphatic hydroxyl groups excluding tert-OH is 1. The summed E-state index contributed by atoms with van der Waals surface area (Å²) in [6.07, 6.45) is -0.101. The molecule has 0 aliphatic heterocycles. The molecule has 0 aromatic rings. The third-order valence-electron chi connectivity index (χ3n) is 1.54. The van der Waals surface area contributed by atoms with Gasteiger partial charge in [0.15, 0.2) is 0 Å². The summed E-state index contributed by atoms with van der Waals surface area (Å²) in [5.41, 5.74) is 5.57. The minimum Gasteiger partial charge on any atom is -0.377 e. The number of nitrogens with two attached hydrogens (primary N) is 1. The average Bonchev–Trinajstić information content (AvgIpc) is 1.98. The number of carbonyl (C=O) groups is 1. The Kier molecular flexibility index (Phi) is 5.02. The van der Waals surface area contributed by atoms with E-state index in [2.05, 4.69) is 5.32 Å². The number of carbonyl (C=O) groups excluding carboxylic acids is 1. The summed E-state index contributed by atoms with van der Waals surface area (Å²) < 4.78 is 0. The lowest BCUT2D eigenvalue weighted by Crippen LogP contribution is -2.48. The van der Waals surface area contributed by atoms with Gasteiger partial charge in [-0.1, -0.05) is 13.8 Å². The van der Waals surface area contributed by atoms with E-state index in [1.807, 2.05) is 13.8 Å². The second kappa shape index (κ2) is 5.23. The fourth-order valence-corrected chi connectivity index (χ4v) is 0.670. The summed E-state index contributed by atoms with van der Waals surface area (Å²) in [7, 11) is 0. The van der Waals surface area contributed by atoms with E-state index in [4.69, 9.17) is 5.73 Å².